The lowest BCUT2D eigenvalue weighted by atomic mass is 10.0. The number of alkyl halides is 2. The van der Waals surface area contributed by atoms with Crippen LogP contribution >= 0.6 is 15.9 Å². The molecule has 1 saturated heterocycles. The smallest absolute Gasteiger partial charge is 0.387 e. The van der Waals surface area contributed by atoms with E-state index >= 15 is 0 Å². The number of nitrogens with zero attached hydrogens (tertiary/aromatic N) is 1. The minimum absolute atomic E-state index is 0.0245. The molecule has 0 aromatic heterocycles. The number of anilines is 1. The molecule has 0 radical (unpaired) electrons. The highest BCUT2D eigenvalue weighted by Crippen LogP contribution is 2.33. The van der Waals surface area contributed by atoms with Crippen LogP contribution in [0.15, 0.2) is 53.0 Å². The van der Waals surface area contributed by atoms with Crippen molar-refractivity contribution < 1.29 is 23.1 Å². The van der Waals surface area contributed by atoms with Gasteiger partial charge < -0.3 is 15.0 Å². The van der Waals surface area contributed by atoms with Crippen molar-refractivity contribution in [2.24, 2.45) is 0 Å². The van der Waals surface area contributed by atoms with Gasteiger partial charge in [0.15, 0.2) is 0 Å². The first-order valence-corrected chi connectivity index (χ1v) is 9.15. The third kappa shape index (κ3) is 4.82. The average Bonchev–Trinajstić information content (AvgIpc) is 3.12. The largest absolute Gasteiger partial charge is 0.435 e. The van der Waals surface area contributed by atoms with Crippen molar-refractivity contribution in [3.8, 4) is 5.75 Å². The molecule has 2 amide bonds. The molecule has 0 saturated carbocycles. The molecule has 1 atom stereocenters. The van der Waals surface area contributed by atoms with Crippen LogP contribution < -0.4 is 10.1 Å². The van der Waals surface area contributed by atoms with E-state index in [9.17, 15) is 18.4 Å². The van der Waals surface area contributed by atoms with Gasteiger partial charge in [-0.3, -0.25) is 9.59 Å². The Labute approximate surface area is 163 Å². The zero-order valence-electron chi connectivity index (χ0n) is 14.2. The number of carbonyl (C=O) groups is 2. The third-order valence-corrected chi connectivity index (χ3v) is 4.77. The number of hydrogen-bond donors (Lipinski definition) is 1. The SMILES string of the molecule is O=C(Nc1ccc(OC(F)F)cc1)C(=O)N1CCC[C@H]1c1cccc(Br)c1. The topological polar surface area (TPSA) is 58.6 Å². The van der Waals surface area contributed by atoms with E-state index in [1.54, 1.807) is 4.90 Å². The summed E-state index contributed by atoms with van der Waals surface area (Å²) in [5.41, 5.74) is 1.30. The summed E-state index contributed by atoms with van der Waals surface area (Å²) in [5, 5.41) is 2.50. The lowest BCUT2D eigenvalue weighted by Gasteiger charge is -2.24. The van der Waals surface area contributed by atoms with Crippen LogP contribution in [0.2, 0.25) is 0 Å². The van der Waals surface area contributed by atoms with E-state index in [0.717, 1.165) is 22.9 Å². The second-order valence-corrected chi connectivity index (χ2v) is 6.98. The standard InChI is InChI=1S/C19H17BrF2N2O3/c20-13-4-1-3-12(11-13)16-5-2-10-24(16)18(26)17(25)23-14-6-8-15(9-7-14)27-19(21)22/h1,3-4,6-9,11,16,19H,2,5,10H2,(H,23,25)/t16-/m0/s1. The Bertz CT molecular complexity index is 830. The minimum Gasteiger partial charge on any atom is -0.435 e. The van der Waals surface area contributed by atoms with E-state index in [0.29, 0.717) is 12.2 Å². The van der Waals surface area contributed by atoms with Gasteiger partial charge in [0, 0.05) is 16.7 Å². The summed E-state index contributed by atoms with van der Waals surface area (Å²) >= 11 is 3.42. The molecule has 0 spiro atoms. The summed E-state index contributed by atoms with van der Waals surface area (Å²) in [7, 11) is 0. The van der Waals surface area contributed by atoms with Crippen molar-refractivity contribution >= 4 is 33.4 Å². The number of hydrogen-bond acceptors (Lipinski definition) is 3. The normalized spacial score (nSPS) is 16.4. The maximum absolute atomic E-state index is 12.6. The molecule has 142 valence electrons. The summed E-state index contributed by atoms with van der Waals surface area (Å²) in [6.07, 6.45) is 1.60. The second-order valence-electron chi connectivity index (χ2n) is 6.07. The highest BCUT2D eigenvalue weighted by Gasteiger charge is 2.33. The van der Waals surface area contributed by atoms with Gasteiger partial charge in [-0.05, 0) is 54.8 Å². The maximum atomic E-state index is 12.6. The van der Waals surface area contributed by atoms with Crippen molar-refractivity contribution in [3.63, 3.8) is 0 Å². The van der Waals surface area contributed by atoms with Crippen LogP contribution in [0, 0.1) is 0 Å². The van der Waals surface area contributed by atoms with Crippen molar-refractivity contribution in [3.05, 3.63) is 58.6 Å². The molecule has 27 heavy (non-hydrogen) atoms. The molecule has 1 heterocycles. The molecular formula is C19H17BrF2N2O3. The quantitative estimate of drug-likeness (QED) is 0.721. The highest BCUT2D eigenvalue weighted by atomic mass is 79.9. The van der Waals surface area contributed by atoms with Crippen LogP contribution in [0.1, 0.15) is 24.4 Å². The van der Waals surface area contributed by atoms with E-state index in [4.69, 9.17) is 0 Å². The van der Waals surface area contributed by atoms with Gasteiger partial charge in [-0.1, -0.05) is 28.1 Å². The van der Waals surface area contributed by atoms with Gasteiger partial charge in [0.2, 0.25) is 0 Å². The van der Waals surface area contributed by atoms with E-state index in [-0.39, 0.29) is 11.8 Å². The zero-order chi connectivity index (χ0) is 19.4. The predicted octanol–water partition coefficient (Wildman–Crippen LogP) is 4.35. The van der Waals surface area contributed by atoms with Gasteiger partial charge in [0.25, 0.3) is 0 Å². The van der Waals surface area contributed by atoms with Crippen LogP contribution in [0.4, 0.5) is 14.5 Å². The summed E-state index contributed by atoms with van der Waals surface area (Å²) < 4.78 is 29.5. The molecule has 5 nitrogen and oxygen atoms in total. The Morgan fingerprint density at radius 3 is 2.59 bits per heavy atom. The lowest BCUT2D eigenvalue weighted by molar-refractivity contribution is -0.143. The van der Waals surface area contributed by atoms with Gasteiger partial charge in [0.1, 0.15) is 5.75 Å². The number of likely N-dealkylation sites (tertiary alicyclic amines) is 1. The Morgan fingerprint density at radius 2 is 1.93 bits per heavy atom. The Balaban J connectivity index is 1.66. The van der Waals surface area contributed by atoms with Gasteiger partial charge >= 0.3 is 18.4 Å². The molecule has 0 aliphatic carbocycles. The summed E-state index contributed by atoms with van der Waals surface area (Å²) in [6.45, 7) is -2.41. The van der Waals surface area contributed by atoms with Crippen molar-refractivity contribution in [1.82, 2.24) is 4.90 Å². The number of benzene rings is 2. The van der Waals surface area contributed by atoms with Gasteiger partial charge in [0.05, 0.1) is 6.04 Å². The predicted molar refractivity (Wildman–Crippen MR) is 99.5 cm³/mol. The Hall–Kier alpha value is -2.48. The van der Waals surface area contributed by atoms with E-state index in [1.807, 2.05) is 24.3 Å². The third-order valence-electron chi connectivity index (χ3n) is 4.28. The summed E-state index contributed by atoms with van der Waals surface area (Å²) in [6, 6.07) is 12.9. The Morgan fingerprint density at radius 1 is 1.19 bits per heavy atom. The molecule has 0 bridgehead atoms. The van der Waals surface area contributed by atoms with Crippen molar-refractivity contribution in [2.45, 2.75) is 25.5 Å². The fraction of sp³-hybridized carbons (Fsp3) is 0.263. The minimum atomic E-state index is -2.92. The van der Waals surface area contributed by atoms with Gasteiger partial charge in [-0.25, -0.2) is 0 Å². The van der Waals surface area contributed by atoms with E-state index in [1.165, 1.54) is 24.3 Å². The summed E-state index contributed by atoms with van der Waals surface area (Å²) in [5.74, 6) is -1.41. The van der Waals surface area contributed by atoms with Crippen LogP contribution in [0.3, 0.4) is 0 Å². The second kappa shape index (κ2) is 8.47. The fourth-order valence-corrected chi connectivity index (χ4v) is 3.52. The number of halogens is 3. The van der Waals surface area contributed by atoms with E-state index < -0.39 is 18.4 Å². The molecular weight excluding hydrogens is 422 g/mol. The molecule has 2 aromatic carbocycles. The highest BCUT2D eigenvalue weighted by molar-refractivity contribution is 9.10. The number of amides is 2. The lowest BCUT2D eigenvalue weighted by Crippen LogP contribution is -2.39. The summed E-state index contributed by atoms with van der Waals surface area (Å²) in [4.78, 5) is 26.5. The first kappa shape index (κ1) is 19.3. The number of ether oxygens (including phenoxy) is 1. The van der Waals surface area contributed by atoms with Gasteiger partial charge in [-0.2, -0.15) is 8.78 Å². The maximum Gasteiger partial charge on any atom is 0.387 e. The number of carbonyl (C=O) groups excluding carboxylic acids is 2. The zero-order valence-corrected chi connectivity index (χ0v) is 15.8. The van der Waals surface area contributed by atoms with Gasteiger partial charge in [-0.15, -0.1) is 0 Å². The van der Waals surface area contributed by atoms with Crippen LogP contribution in [-0.4, -0.2) is 29.9 Å². The van der Waals surface area contributed by atoms with Crippen LogP contribution in [0.5, 0.6) is 5.75 Å². The van der Waals surface area contributed by atoms with Crippen LogP contribution in [-0.2, 0) is 9.59 Å². The molecule has 3 rings (SSSR count). The average molecular weight is 439 g/mol. The molecule has 1 fully saturated rings. The monoisotopic (exact) mass is 438 g/mol. The van der Waals surface area contributed by atoms with Crippen molar-refractivity contribution in [2.75, 3.05) is 11.9 Å². The molecule has 8 heteroatoms. The van der Waals surface area contributed by atoms with Crippen molar-refractivity contribution in [1.29, 1.82) is 0 Å². The molecule has 1 aliphatic heterocycles. The molecule has 0 unspecified atom stereocenters. The first-order chi connectivity index (χ1) is 12.9. The molecule has 2 aromatic rings. The molecule has 1 N–H and O–H groups in total. The van der Waals surface area contributed by atoms with E-state index in [2.05, 4.69) is 26.0 Å². The number of nitrogens with one attached hydrogen (secondary N) is 1. The first-order valence-electron chi connectivity index (χ1n) is 8.36. The Kier molecular flexibility index (Phi) is 6.05. The number of rotatable bonds is 4. The fourth-order valence-electron chi connectivity index (χ4n) is 3.10. The van der Waals surface area contributed by atoms with Crippen LogP contribution in [0.25, 0.3) is 0 Å². The molecule has 1 aliphatic rings.